The molecule has 0 bridgehead atoms. The smallest absolute Gasteiger partial charge is 0.294 e. The van der Waals surface area contributed by atoms with E-state index in [-0.39, 0.29) is 30.0 Å². The molecule has 0 spiro atoms. The van der Waals surface area contributed by atoms with Crippen LogP contribution in [0.1, 0.15) is 31.4 Å². The van der Waals surface area contributed by atoms with Crippen LogP contribution in [0, 0.1) is 18.7 Å². The molecule has 4 heterocycles. The van der Waals surface area contributed by atoms with Gasteiger partial charge in [-0.1, -0.05) is 32.0 Å². The zero-order chi connectivity index (χ0) is 30.1. The molecule has 2 N–H and O–H groups in total. The van der Waals surface area contributed by atoms with E-state index < -0.39 is 5.56 Å². The summed E-state index contributed by atoms with van der Waals surface area (Å²) in [4.78, 5) is 35.3. The number of tetrazole rings is 1. The number of aromatic nitrogens is 8. The molecular formula is C31H28FN9O2. The normalized spacial score (nSPS) is 12.0. The molecule has 4 aromatic heterocycles. The number of aryl methyl sites for hydroxylation is 1. The number of aromatic amines is 1. The van der Waals surface area contributed by atoms with Gasteiger partial charge in [-0.2, -0.15) is 5.21 Å². The number of nitrogens with one attached hydrogen (secondary N) is 2. The Hall–Kier alpha value is -5.52. The van der Waals surface area contributed by atoms with Crippen molar-refractivity contribution in [1.82, 2.24) is 39.7 Å². The number of rotatable bonds is 8. The summed E-state index contributed by atoms with van der Waals surface area (Å²) in [6.45, 7) is 5.77. The Bertz CT molecular complexity index is 2010. The Labute approximate surface area is 245 Å². The number of carbonyl (C=O) groups excluding carboxylic acids is 1. The van der Waals surface area contributed by atoms with Gasteiger partial charge < -0.3 is 9.88 Å². The minimum Gasteiger partial charge on any atom is -0.315 e. The fourth-order valence-electron chi connectivity index (χ4n) is 4.94. The van der Waals surface area contributed by atoms with Crippen LogP contribution < -0.4 is 10.9 Å². The van der Waals surface area contributed by atoms with Gasteiger partial charge in [0.2, 0.25) is 11.7 Å². The molecule has 1 atom stereocenters. The maximum Gasteiger partial charge on any atom is 0.294 e. The van der Waals surface area contributed by atoms with E-state index in [0.717, 1.165) is 27.7 Å². The fourth-order valence-corrected chi connectivity index (χ4v) is 4.94. The van der Waals surface area contributed by atoms with Gasteiger partial charge in [-0.25, -0.2) is 9.37 Å². The monoisotopic (exact) mass is 577 g/mol. The van der Waals surface area contributed by atoms with Gasteiger partial charge in [-0.3, -0.25) is 19.1 Å². The number of amides is 1. The second kappa shape index (κ2) is 11.4. The lowest BCUT2D eigenvalue weighted by Crippen LogP contribution is -2.30. The lowest BCUT2D eigenvalue weighted by Gasteiger charge is -2.16. The molecule has 1 amide bonds. The van der Waals surface area contributed by atoms with Crippen molar-refractivity contribution in [3.8, 4) is 28.3 Å². The third-order valence-corrected chi connectivity index (χ3v) is 7.48. The summed E-state index contributed by atoms with van der Waals surface area (Å²) >= 11 is 0. The van der Waals surface area contributed by atoms with E-state index in [0.29, 0.717) is 29.1 Å². The van der Waals surface area contributed by atoms with Crippen molar-refractivity contribution in [2.45, 2.75) is 33.7 Å². The van der Waals surface area contributed by atoms with Gasteiger partial charge in [0.25, 0.3) is 5.56 Å². The summed E-state index contributed by atoms with van der Waals surface area (Å²) in [5.41, 5.74) is 4.74. The summed E-state index contributed by atoms with van der Waals surface area (Å²) in [6.07, 6.45) is 7.53. The Kier molecular flexibility index (Phi) is 7.33. The van der Waals surface area contributed by atoms with Gasteiger partial charge in [0.15, 0.2) is 5.82 Å². The minimum absolute atomic E-state index is 0.0541. The standard InChI is InChI=1S/C31H28FN9O2/c1-4-18(2)30(42)35-29-31(43)41(27(15-34-29)21-6-5-7-22(11-21)28-36-38-39-37-28)17-20-10-24(14-33-13-20)40-16-19(3)25-12-23(32)8-9-26(25)40/h5-16,18H,4,17H2,1-3H3,(H,34,35,42)(H,36,37,38,39)/t18-/m1/s1. The molecular weight excluding hydrogens is 549 g/mol. The van der Waals surface area contributed by atoms with Gasteiger partial charge >= 0.3 is 0 Å². The summed E-state index contributed by atoms with van der Waals surface area (Å²) in [7, 11) is 0. The average molecular weight is 578 g/mol. The number of H-pyrrole nitrogens is 1. The predicted octanol–water partition coefficient (Wildman–Crippen LogP) is 4.91. The number of fused-ring (bicyclic) bond motifs is 1. The van der Waals surface area contributed by atoms with Crippen LogP contribution in [0.3, 0.4) is 0 Å². The molecule has 12 heteroatoms. The van der Waals surface area contributed by atoms with Crippen LogP contribution in [0.15, 0.2) is 78.1 Å². The van der Waals surface area contributed by atoms with Crippen molar-refractivity contribution in [3.05, 3.63) is 101 Å². The molecule has 0 radical (unpaired) electrons. The Morgan fingerprint density at radius 1 is 1.09 bits per heavy atom. The van der Waals surface area contributed by atoms with Crippen LogP contribution in [0.5, 0.6) is 0 Å². The van der Waals surface area contributed by atoms with Crippen LogP contribution in [0.25, 0.3) is 39.2 Å². The number of carbonyl (C=O) groups is 1. The largest absolute Gasteiger partial charge is 0.315 e. The van der Waals surface area contributed by atoms with E-state index in [1.54, 1.807) is 36.1 Å². The first-order valence-electron chi connectivity index (χ1n) is 13.8. The molecule has 6 rings (SSSR count). The molecule has 0 aliphatic carbocycles. The first-order chi connectivity index (χ1) is 20.8. The average Bonchev–Trinajstić information content (AvgIpc) is 3.67. The quantitative estimate of drug-likeness (QED) is 0.262. The van der Waals surface area contributed by atoms with Crippen molar-refractivity contribution in [2.75, 3.05) is 5.32 Å². The molecule has 0 aliphatic rings. The van der Waals surface area contributed by atoms with Gasteiger partial charge in [0.1, 0.15) is 5.82 Å². The van der Waals surface area contributed by atoms with Crippen molar-refractivity contribution < 1.29 is 9.18 Å². The minimum atomic E-state index is -0.456. The second-order valence-corrected chi connectivity index (χ2v) is 10.4. The molecule has 0 aliphatic heterocycles. The number of hydrogen-bond donors (Lipinski definition) is 2. The Balaban J connectivity index is 1.44. The highest BCUT2D eigenvalue weighted by molar-refractivity contribution is 5.91. The fraction of sp³-hybridized carbons (Fsp3) is 0.194. The molecule has 0 fully saturated rings. The molecule has 11 nitrogen and oxygen atoms in total. The number of anilines is 1. The van der Waals surface area contributed by atoms with Gasteiger partial charge in [0, 0.05) is 34.8 Å². The lowest BCUT2D eigenvalue weighted by atomic mass is 10.1. The molecule has 2 aromatic carbocycles. The summed E-state index contributed by atoms with van der Waals surface area (Å²) < 4.78 is 17.4. The van der Waals surface area contributed by atoms with Crippen molar-refractivity contribution >= 4 is 22.6 Å². The zero-order valence-electron chi connectivity index (χ0n) is 23.7. The van der Waals surface area contributed by atoms with E-state index in [4.69, 9.17) is 0 Å². The second-order valence-electron chi connectivity index (χ2n) is 10.4. The topological polar surface area (TPSA) is 136 Å². The lowest BCUT2D eigenvalue weighted by molar-refractivity contribution is -0.119. The molecule has 216 valence electrons. The summed E-state index contributed by atoms with van der Waals surface area (Å²) in [5.74, 6) is -0.506. The number of halogens is 1. The molecule has 0 saturated heterocycles. The Morgan fingerprint density at radius 2 is 1.93 bits per heavy atom. The van der Waals surface area contributed by atoms with Gasteiger partial charge in [0.05, 0.1) is 35.8 Å². The third-order valence-electron chi connectivity index (χ3n) is 7.48. The van der Waals surface area contributed by atoms with Crippen LogP contribution in [0.4, 0.5) is 10.2 Å². The summed E-state index contributed by atoms with van der Waals surface area (Å²) in [5, 5.41) is 17.7. The predicted molar refractivity (Wildman–Crippen MR) is 160 cm³/mol. The highest BCUT2D eigenvalue weighted by Gasteiger charge is 2.18. The van der Waals surface area contributed by atoms with E-state index in [9.17, 15) is 14.0 Å². The third kappa shape index (κ3) is 5.42. The molecule has 6 aromatic rings. The van der Waals surface area contributed by atoms with Gasteiger partial charge in [-0.15, -0.1) is 10.2 Å². The maximum absolute atomic E-state index is 13.9. The molecule has 0 saturated carbocycles. The van der Waals surface area contributed by atoms with Crippen molar-refractivity contribution in [3.63, 3.8) is 0 Å². The number of nitrogens with zero attached hydrogens (tertiary/aromatic N) is 7. The highest BCUT2D eigenvalue weighted by Crippen LogP contribution is 2.27. The van der Waals surface area contributed by atoms with Gasteiger partial charge in [-0.05, 0) is 60.0 Å². The molecule has 0 unspecified atom stereocenters. The van der Waals surface area contributed by atoms with E-state index in [1.165, 1.54) is 12.1 Å². The molecule has 43 heavy (non-hydrogen) atoms. The van der Waals surface area contributed by atoms with Crippen molar-refractivity contribution in [1.29, 1.82) is 0 Å². The summed E-state index contributed by atoms with van der Waals surface area (Å²) in [6, 6.07) is 14.0. The van der Waals surface area contributed by atoms with Crippen LogP contribution in [-0.4, -0.2) is 45.6 Å². The highest BCUT2D eigenvalue weighted by atomic mass is 19.1. The van der Waals surface area contributed by atoms with E-state index in [1.807, 2.05) is 54.9 Å². The van der Waals surface area contributed by atoms with Crippen molar-refractivity contribution in [2.24, 2.45) is 5.92 Å². The van der Waals surface area contributed by atoms with Crippen LogP contribution in [-0.2, 0) is 11.3 Å². The van der Waals surface area contributed by atoms with E-state index >= 15 is 0 Å². The number of hydrogen-bond acceptors (Lipinski definition) is 7. The Morgan fingerprint density at radius 3 is 2.72 bits per heavy atom. The zero-order valence-corrected chi connectivity index (χ0v) is 23.7. The first kappa shape index (κ1) is 27.6. The first-order valence-corrected chi connectivity index (χ1v) is 13.8. The number of pyridine rings is 1. The van der Waals surface area contributed by atoms with Crippen LogP contribution in [0.2, 0.25) is 0 Å². The number of benzene rings is 2. The van der Waals surface area contributed by atoms with E-state index in [2.05, 4.69) is 35.9 Å². The van der Waals surface area contributed by atoms with Crippen LogP contribution >= 0.6 is 0 Å². The maximum atomic E-state index is 13.9. The SMILES string of the molecule is CC[C@@H](C)C(=O)Nc1ncc(-c2cccc(-c3nn[nH]n3)c2)n(Cc2cncc(-n3cc(C)c4cc(F)ccc43)c2)c1=O.